The molecule has 0 radical (unpaired) electrons. The molecular weight excluding hydrogens is 540 g/mol. The molecule has 11 heteroatoms. The maximum absolute atomic E-state index is 16.7. The summed E-state index contributed by atoms with van der Waals surface area (Å²) in [6, 6.07) is 7.87. The molecular formula is C31H35F2N7O2. The Kier molecular flexibility index (Phi) is 6.05. The average molecular weight is 576 g/mol. The highest BCUT2D eigenvalue weighted by Crippen LogP contribution is 2.41. The number of anilines is 1. The number of halogens is 2. The van der Waals surface area contributed by atoms with Gasteiger partial charge in [0.25, 0.3) is 0 Å². The van der Waals surface area contributed by atoms with E-state index in [1.165, 1.54) is 6.07 Å². The highest BCUT2D eigenvalue weighted by atomic mass is 19.1. The third-order valence-electron chi connectivity index (χ3n) is 9.81. The Morgan fingerprint density at radius 2 is 1.98 bits per heavy atom. The van der Waals surface area contributed by atoms with E-state index in [1.54, 1.807) is 12.3 Å². The van der Waals surface area contributed by atoms with Crippen molar-refractivity contribution in [3.8, 4) is 23.1 Å². The van der Waals surface area contributed by atoms with Crippen molar-refractivity contribution in [3.63, 3.8) is 0 Å². The Hall–Kier alpha value is -3.57. The number of aromatic hydroxyl groups is 1. The summed E-state index contributed by atoms with van der Waals surface area (Å²) in [5.41, 5.74) is 2.05. The first-order valence-electron chi connectivity index (χ1n) is 15.1. The number of hydrogen-bond donors (Lipinski definition) is 2. The van der Waals surface area contributed by atoms with E-state index >= 15 is 4.39 Å². The van der Waals surface area contributed by atoms with Gasteiger partial charge in [-0.2, -0.15) is 9.97 Å². The van der Waals surface area contributed by atoms with Crippen LogP contribution in [-0.4, -0.2) is 85.9 Å². The van der Waals surface area contributed by atoms with Crippen molar-refractivity contribution in [2.24, 2.45) is 0 Å². The van der Waals surface area contributed by atoms with Crippen LogP contribution in [0.4, 0.5) is 14.6 Å². The largest absolute Gasteiger partial charge is 0.508 e. The van der Waals surface area contributed by atoms with E-state index in [2.05, 4.69) is 25.1 Å². The van der Waals surface area contributed by atoms with Gasteiger partial charge in [0.1, 0.15) is 35.6 Å². The summed E-state index contributed by atoms with van der Waals surface area (Å²) in [5.74, 6) is 0.0524. The molecule has 0 aliphatic carbocycles. The number of nitrogens with zero attached hydrogens (tertiary/aromatic N) is 6. The van der Waals surface area contributed by atoms with Gasteiger partial charge in [-0.1, -0.05) is 6.92 Å². The van der Waals surface area contributed by atoms with Crippen molar-refractivity contribution in [2.75, 3.05) is 37.7 Å². The molecule has 220 valence electrons. The van der Waals surface area contributed by atoms with Crippen LogP contribution >= 0.6 is 0 Å². The van der Waals surface area contributed by atoms with Crippen LogP contribution in [0.5, 0.6) is 11.8 Å². The Morgan fingerprint density at radius 3 is 2.79 bits per heavy atom. The lowest BCUT2D eigenvalue weighted by atomic mass is 9.95. The average Bonchev–Trinajstić information content (AvgIpc) is 3.73. The standard InChI is InChI=1S/C31H35F2N7O2/c1-2-21-6-7-22-10-23(41)11-25(40(21)22)28-26(33)27-24(13-34-28)29(38-15-19-4-5-20(16-38)35-19)37-30(36-27)42-17-31-8-3-9-39(31)14-18(32)12-31/h6-7,10-11,13,18-20,35,41H,2-5,8-9,12,14-17H2,1H3/t18-,19-,20+,31+/m1/s1. The molecule has 8 rings (SSSR count). The number of pyridine rings is 2. The quantitative estimate of drug-likeness (QED) is 0.353. The summed E-state index contributed by atoms with van der Waals surface area (Å²) in [4.78, 5) is 18.4. The number of piperazine rings is 1. The van der Waals surface area contributed by atoms with Gasteiger partial charge in [0, 0.05) is 67.7 Å². The van der Waals surface area contributed by atoms with Crippen molar-refractivity contribution < 1.29 is 18.6 Å². The highest BCUT2D eigenvalue weighted by Gasteiger charge is 2.49. The van der Waals surface area contributed by atoms with E-state index in [4.69, 9.17) is 9.72 Å². The van der Waals surface area contributed by atoms with E-state index < -0.39 is 12.0 Å². The number of alkyl halides is 1. The number of aromatic nitrogens is 4. The van der Waals surface area contributed by atoms with E-state index in [-0.39, 0.29) is 35.1 Å². The maximum Gasteiger partial charge on any atom is 0.319 e. The summed E-state index contributed by atoms with van der Waals surface area (Å²) >= 11 is 0. The van der Waals surface area contributed by atoms with Gasteiger partial charge in [-0.25, -0.2) is 8.78 Å². The molecule has 0 aromatic carbocycles. The van der Waals surface area contributed by atoms with Crippen LogP contribution in [-0.2, 0) is 6.42 Å². The molecule has 0 unspecified atom stereocenters. The molecule has 2 bridgehead atoms. The molecule has 42 heavy (non-hydrogen) atoms. The minimum Gasteiger partial charge on any atom is -0.508 e. The second-order valence-corrected chi connectivity index (χ2v) is 12.5. The van der Waals surface area contributed by atoms with Crippen LogP contribution in [0.15, 0.2) is 30.5 Å². The Labute approximate surface area is 242 Å². The molecule has 4 aliphatic heterocycles. The fraction of sp³-hybridized carbons (Fsp3) is 0.516. The molecule has 8 heterocycles. The molecule has 4 aliphatic rings. The fourth-order valence-corrected chi connectivity index (χ4v) is 7.87. The third kappa shape index (κ3) is 4.11. The lowest BCUT2D eigenvalue weighted by Gasteiger charge is -2.34. The molecule has 2 N–H and O–H groups in total. The van der Waals surface area contributed by atoms with Crippen molar-refractivity contribution in [1.82, 2.24) is 29.6 Å². The molecule has 4 saturated heterocycles. The zero-order valence-electron chi connectivity index (χ0n) is 23.7. The smallest absolute Gasteiger partial charge is 0.319 e. The SMILES string of the molecule is CCc1ccc2cc(O)cc(-c3ncc4c(N5C[C@H]6CC[C@@H](C5)N6)nc(OC[C@@]56CCCN5C[C@H](F)C6)nc4c3F)n12. The lowest BCUT2D eigenvalue weighted by Crippen LogP contribution is -2.51. The number of aryl methyl sites for hydroxylation is 1. The summed E-state index contributed by atoms with van der Waals surface area (Å²) < 4.78 is 39.3. The van der Waals surface area contributed by atoms with Crippen molar-refractivity contribution >= 4 is 22.2 Å². The van der Waals surface area contributed by atoms with E-state index in [9.17, 15) is 9.50 Å². The topological polar surface area (TPSA) is 91.0 Å². The molecule has 0 spiro atoms. The van der Waals surface area contributed by atoms with Crippen molar-refractivity contribution in [3.05, 3.63) is 42.0 Å². The lowest BCUT2D eigenvalue weighted by molar-refractivity contribution is 0.107. The number of fused-ring (bicyclic) bond motifs is 5. The van der Waals surface area contributed by atoms with Gasteiger partial charge in [0.2, 0.25) is 0 Å². The first-order chi connectivity index (χ1) is 20.4. The molecule has 0 saturated carbocycles. The van der Waals surface area contributed by atoms with Gasteiger partial charge in [-0.05, 0) is 50.8 Å². The molecule has 4 atom stereocenters. The predicted octanol–water partition coefficient (Wildman–Crippen LogP) is 4.25. The van der Waals surface area contributed by atoms with Gasteiger partial charge in [-0.3, -0.25) is 9.88 Å². The first-order valence-corrected chi connectivity index (χ1v) is 15.1. The highest BCUT2D eigenvalue weighted by molar-refractivity contribution is 5.92. The Bertz CT molecular complexity index is 1680. The number of nitrogens with one attached hydrogen (secondary N) is 1. The van der Waals surface area contributed by atoms with Crippen LogP contribution in [0, 0.1) is 5.82 Å². The van der Waals surface area contributed by atoms with Crippen LogP contribution in [0.3, 0.4) is 0 Å². The van der Waals surface area contributed by atoms with E-state index in [0.717, 1.165) is 62.9 Å². The van der Waals surface area contributed by atoms with Gasteiger partial charge in [-0.15, -0.1) is 0 Å². The van der Waals surface area contributed by atoms with E-state index in [0.29, 0.717) is 41.9 Å². The van der Waals surface area contributed by atoms with Crippen LogP contribution < -0.4 is 15.0 Å². The Balaban J connectivity index is 1.25. The summed E-state index contributed by atoms with van der Waals surface area (Å²) in [5, 5.41) is 14.7. The molecule has 4 aromatic heterocycles. The molecule has 0 amide bonds. The fourth-order valence-electron chi connectivity index (χ4n) is 7.87. The first kappa shape index (κ1) is 26.1. The predicted molar refractivity (Wildman–Crippen MR) is 155 cm³/mol. The van der Waals surface area contributed by atoms with Crippen molar-refractivity contribution in [2.45, 2.75) is 69.2 Å². The minimum absolute atomic E-state index is 0.0337. The Morgan fingerprint density at radius 1 is 1.14 bits per heavy atom. The van der Waals surface area contributed by atoms with Crippen molar-refractivity contribution in [1.29, 1.82) is 0 Å². The van der Waals surface area contributed by atoms with Gasteiger partial charge < -0.3 is 24.5 Å². The molecule has 4 fully saturated rings. The van der Waals surface area contributed by atoms with Gasteiger partial charge in [0.05, 0.1) is 16.6 Å². The van der Waals surface area contributed by atoms with E-state index in [1.807, 2.05) is 23.5 Å². The third-order valence-corrected chi connectivity index (χ3v) is 9.81. The zero-order valence-corrected chi connectivity index (χ0v) is 23.7. The minimum atomic E-state index is -0.870. The van der Waals surface area contributed by atoms with Gasteiger partial charge in [0.15, 0.2) is 5.82 Å². The van der Waals surface area contributed by atoms with Crippen LogP contribution in [0.1, 0.15) is 44.7 Å². The van der Waals surface area contributed by atoms with Crippen LogP contribution in [0.2, 0.25) is 0 Å². The number of hydrogen-bond acceptors (Lipinski definition) is 8. The summed E-state index contributed by atoms with van der Waals surface area (Å²) in [6.45, 7) is 5.09. The summed E-state index contributed by atoms with van der Waals surface area (Å²) in [7, 11) is 0. The second-order valence-electron chi connectivity index (χ2n) is 12.5. The number of ether oxygens (including phenoxy) is 1. The van der Waals surface area contributed by atoms with Crippen LogP contribution in [0.25, 0.3) is 27.8 Å². The second kappa shape index (κ2) is 9.74. The number of rotatable bonds is 6. The summed E-state index contributed by atoms with van der Waals surface area (Å²) in [6.07, 6.45) is 5.99. The normalized spacial score (nSPS) is 27.4. The molecule has 4 aromatic rings. The zero-order chi connectivity index (χ0) is 28.6. The monoisotopic (exact) mass is 575 g/mol. The van der Waals surface area contributed by atoms with Gasteiger partial charge >= 0.3 is 6.01 Å². The molecule has 9 nitrogen and oxygen atoms in total. The maximum atomic E-state index is 16.7.